The van der Waals surface area contributed by atoms with Crippen LogP contribution in [0.1, 0.15) is 23.6 Å². The Morgan fingerprint density at radius 1 is 1.00 bits per heavy atom. The first-order valence-corrected chi connectivity index (χ1v) is 7.06. The quantitative estimate of drug-likeness (QED) is 0.849. The Labute approximate surface area is 120 Å². The molecule has 0 bridgehead atoms. The molecule has 100 valence electrons. The van der Waals surface area contributed by atoms with Crippen molar-refractivity contribution in [1.29, 1.82) is 0 Å². The van der Waals surface area contributed by atoms with Crippen LogP contribution >= 0.6 is 11.6 Å². The van der Waals surface area contributed by atoms with Crippen LogP contribution in [0.25, 0.3) is 11.1 Å². The summed E-state index contributed by atoms with van der Waals surface area (Å²) in [6.45, 7) is 8.19. The van der Waals surface area contributed by atoms with E-state index >= 15 is 0 Å². The smallest absolute Gasteiger partial charge is 0.0438 e. The van der Waals surface area contributed by atoms with Gasteiger partial charge in [0.15, 0.2) is 0 Å². The molecule has 0 atom stereocenters. The van der Waals surface area contributed by atoms with Gasteiger partial charge in [-0.05, 0) is 60.3 Å². The summed E-state index contributed by atoms with van der Waals surface area (Å²) in [5, 5.41) is 4.17. The lowest BCUT2D eigenvalue weighted by Gasteiger charge is -2.10. The van der Waals surface area contributed by atoms with E-state index in [9.17, 15) is 0 Å². The minimum atomic E-state index is 0.838. The van der Waals surface area contributed by atoms with Crippen molar-refractivity contribution in [3.63, 3.8) is 0 Å². The van der Waals surface area contributed by atoms with Crippen LogP contribution in [0.3, 0.4) is 0 Å². The van der Waals surface area contributed by atoms with Crippen LogP contribution in [-0.2, 0) is 6.54 Å². The molecule has 2 rings (SSSR count). The van der Waals surface area contributed by atoms with Gasteiger partial charge in [-0.1, -0.05) is 42.8 Å². The molecule has 19 heavy (non-hydrogen) atoms. The van der Waals surface area contributed by atoms with Crippen LogP contribution in [0, 0.1) is 13.8 Å². The molecule has 2 aromatic carbocycles. The highest BCUT2D eigenvalue weighted by atomic mass is 35.5. The number of halogens is 1. The highest BCUT2D eigenvalue weighted by Crippen LogP contribution is 2.28. The number of nitrogens with one attached hydrogen (secondary N) is 1. The summed E-state index contributed by atoms with van der Waals surface area (Å²) < 4.78 is 0. The highest BCUT2D eigenvalue weighted by molar-refractivity contribution is 6.31. The molecule has 0 spiro atoms. The fraction of sp³-hybridized carbons (Fsp3) is 0.294. The lowest BCUT2D eigenvalue weighted by molar-refractivity contribution is 0.727. The Bertz CT molecular complexity index is 558. The Morgan fingerprint density at radius 3 is 2.32 bits per heavy atom. The molecule has 1 N–H and O–H groups in total. The van der Waals surface area contributed by atoms with Gasteiger partial charge in [0, 0.05) is 11.6 Å². The maximum absolute atomic E-state index is 6.15. The zero-order valence-corrected chi connectivity index (χ0v) is 12.5. The van der Waals surface area contributed by atoms with Crippen molar-refractivity contribution in [2.75, 3.05) is 6.54 Å². The molecular weight excluding hydrogens is 254 g/mol. The zero-order valence-electron chi connectivity index (χ0n) is 11.8. The third-order valence-electron chi connectivity index (χ3n) is 3.35. The predicted molar refractivity (Wildman–Crippen MR) is 83.7 cm³/mol. The predicted octanol–water partition coefficient (Wildman–Crippen LogP) is 4.73. The summed E-state index contributed by atoms with van der Waals surface area (Å²) in [5.74, 6) is 0. The Hall–Kier alpha value is -1.31. The summed E-state index contributed by atoms with van der Waals surface area (Å²) in [6.07, 6.45) is 0. The highest BCUT2D eigenvalue weighted by Gasteiger charge is 2.05. The van der Waals surface area contributed by atoms with Gasteiger partial charge in [0.05, 0.1) is 0 Å². The Morgan fingerprint density at radius 2 is 1.68 bits per heavy atom. The summed E-state index contributed by atoms with van der Waals surface area (Å²) >= 11 is 6.15. The molecule has 0 aliphatic heterocycles. The molecule has 0 radical (unpaired) electrons. The van der Waals surface area contributed by atoms with E-state index in [1.54, 1.807) is 0 Å². The molecule has 0 unspecified atom stereocenters. The molecule has 0 fully saturated rings. The van der Waals surface area contributed by atoms with Crippen LogP contribution in [0.2, 0.25) is 5.02 Å². The van der Waals surface area contributed by atoms with Crippen molar-refractivity contribution in [2.24, 2.45) is 0 Å². The van der Waals surface area contributed by atoms with Crippen LogP contribution < -0.4 is 5.32 Å². The minimum Gasteiger partial charge on any atom is -0.313 e. The molecule has 2 aromatic rings. The van der Waals surface area contributed by atoms with Gasteiger partial charge in [-0.15, -0.1) is 0 Å². The lowest BCUT2D eigenvalue weighted by Crippen LogP contribution is -2.11. The van der Waals surface area contributed by atoms with Gasteiger partial charge in [0.1, 0.15) is 0 Å². The molecule has 0 saturated heterocycles. The van der Waals surface area contributed by atoms with Crippen molar-refractivity contribution < 1.29 is 0 Å². The zero-order chi connectivity index (χ0) is 13.8. The summed E-state index contributed by atoms with van der Waals surface area (Å²) in [6, 6.07) is 12.9. The third-order valence-corrected chi connectivity index (χ3v) is 3.76. The van der Waals surface area contributed by atoms with E-state index in [4.69, 9.17) is 11.6 Å². The van der Waals surface area contributed by atoms with Crippen molar-refractivity contribution in [2.45, 2.75) is 27.3 Å². The van der Waals surface area contributed by atoms with E-state index in [1.165, 1.54) is 22.3 Å². The van der Waals surface area contributed by atoms with Crippen molar-refractivity contribution in [3.8, 4) is 11.1 Å². The number of benzene rings is 2. The fourth-order valence-electron chi connectivity index (χ4n) is 2.16. The molecule has 0 heterocycles. The first kappa shape index (κ1) is 14.1. The number of hydrogen-bond donors (Lipinski definition) is 1. The SMILES string of the molecule is CCNCc1ccc(-c2cc(C)c(Cl)cc2C)cc1. The van der Waals surface area contributed by atoms with Gasteiger partial charge in [0.2, 0.25) is 0 Å². The second-order valence-corrected chi connectivity index (χ2v) is 5.30. The average Bonchev–Trinajstić information content (AvgIpc) is 2.41. The number of hydrogen-bond acceptors (Lipinski definition) is 1. The number of rotatable bonds is 4. The first-order valence-electron chi connectivity index (χ1n) is 6.68. The molecular formula is C17H20ClN. The molecule has 0 saturated carbocycles. The molecule has 2 heteroatoms. The fourth-order valence-corrected chi connectivity index (χ4v) is 2.38. The molecule has 0 aromatic heterocycles. The monoisotopic (exact) mass is 273 g/mol. The van der Waals surface area contributed by atoms with Crippen LogP contribution in [0.5, 0.6) is 0 Å². The third kappa shape index (κ3) is 3.37. The van der Waals surface area contributed by atoms with Gasteiger partial charge >= 0.3 is 0 Å². The second kappa shape index (κ2) is 6.23. The van der Waals surface area contributed by atoms with E-state index in [0.717, 1.165) is 23.7 Å². The normalized spacial score (nSPS) is 10.7. The summed E-state index contributed by atoms with van der Waals surface area (Å²) in [4.78, 5) is 0. The molecule has 0 aliphatic rings. The van der Waals surface area contributed by atoms with Gasteiger partial charge in [0.25, 0.3) is 0 Å². The summed E-state index contributed by atoms with van der Waals surface area (Å²) in [5.41, 5.74) is 6.16. The van der Waals surface area contributed by atoms with Gasteiger partial charge in [-0.2, -0.15) is 0 Å². The average molecular weight is 274 g/mol. The van der Waals surface area contributed by atoms with Gasteiger partial charge in [-0.25, -0.2) is 0 Å². The number of aryl methyl sites for hydroxylation is 2. The maximum Gasteiger partial charge on any atom is 0.0438 e. The molecule has 0 amide bonds. The summed E-state index contributed by atoms with van der Waals surface area (Å²) in [7, 11) is 0. The van der Waals surface area contributed by atoms with Gasteiger partial charge < -0.3 is 5.32 Å². The lowest BCUT2D eigenvalue weighted by atomic mass is 9.97. The Kier molecular flexibility index (Phi) is 4.62. The van der Waals surface area contributed by atoms with Gasteiger partial charge in [-0.3, -0.25) is 0 Å². The van der Waals surface area contributed by atoms with Crippen LogP contribution in [0.4, 0.5) is 0 Å². The maximum atomic E-state index is 6.15. The molecule has 0 aliphatic carbocycles. The van der Waals surface area contributed by atoms with E-state index < -0.39 is 0 Å². The van der Waals surface area contributed by atoms with E-state index in [-0.39, 0.29) is 0 Å². The second-order valence-electron chi connectivity index (χ2n) is 4.89. The largest absolute Gasteiger partial charge is 0.313 e. The standard InChI is InChI=1S/C17H20ClN/c1-4-19-11-14-5-7-15(8-6-14)16-9-13(3)17(18)10-12(16)2/h5-10,19H,4,11H2,1-3H3. The van der Waals surface area contributed by atoms with E-state index in [1.807, 2.05) is 13.0 Å². The van der Waals surface area contributed by atoms with E-state index in [0.29, 0.717) is 0 Å². The van der Waals surface area contributed by atoms with Crippen LogP contribution in [0.15, 0.2) is 36.4 Å². The minimum absolute atomic E-state index is 0.838. The first-order chi connectivity index (χ1) is 9.11. The van der Waals surface area contributed by atoms with Crippen molar-refractivity contribution in [3.05, 3.63) is 58.1 Å². The topological polar surface area (TPSA) is 12.0 Å². The Balaban J connectivity index is 2.29. The van der Waals surface area contributed by atoms with Crippen molar-refractivity contribution >= 4 is 11.6 Å². The molecule has 1 nitrogen and oxygen atoms in total. The van der Waals surface area contributed by atoms with Crippen molar-refractivity contribution in [1.82, 2.24) is 5.32 Å². The van der Waals surface area contributed by atoms with E-state index in [2.05, 4.69) is 49.5 Å². The van der Waals surface area contributed by atoms with Crippen LogP contribution in [-0.4, -0.2) is 6.54 Å².